The summed E-state index contributed by atoms with van der Waals surface area (Å²) >= 11 is 23.9. The van der Waals surface area contributed by atoms with Gasteiger partial charge in [-0.25, -0.2) is 4.79 Å². The summed E-state index contributed by atoms with van der Waals surface area (Å²) in [6.45, 7) is 5.60. The zero-order chi connectivity index (χ0) is 19.0. The van der Waals surface area contributed by atoms with E-state index in [1.54, 1.807) is 0 Å². The van der Waals surface area contributed by atoms with Gasteiger partial charge in [0.25, 0.3) is 5.91 Å². The quantitative estimate of drug-likeness (QED) is 0.460. The molecule has 1 amide bonds. The summed E-state index contributed by atoms with van der Waals surface area (Å²) in [5.41, 5.74) is 2.41. The van der Waals surface area contributed by atoms with E-state index in [0.717, 1.165) is 16.7 Å². The molecule has 2 aromatic carbocycles. The van der Waals surface area contributed by atoms with E-state index in [1.165, 1.54) is 0 Å². The first-order valence-corrected chi connectivity index (χ1v) is 8.55. The fourth-order valence-corrected chi connectivity index (χ4v) is 3.62. The molecule has 2 rings (SSSR count). The summed E-state index contributed by atoms with van der Waals surface area (Å²) in [5.74, 6) is -2.18. The van der Waals surface area contributed by atoms with E-state index in [9.17, 15) is 14.7 Å². The van der Waals surface area contributed by atoms with Crippen LogP contribution in [0.2, 0.25) is 20.1 Å². The Kier molecular flexibility index (Phi) is 5.89. The van der Waals surface area contributed by atoms with Gasteiger partial charge in [-0.3, -0.25) is 4.79 Å². The minimum Gasteiger partial charge on any atom is -0.478 e. The molecular weight excluding hydrogens is 408 g/mol. The smallest absolute Gasteiger partial charge is 0.338 e. The molecule has 2 N–H and O–H groups in total. The van der Waals surface area contributed by atoms with Crippen LogP contribution in [-0.4, -0.2) is 17.0 Å². The number of amides is 1. The minimum absolute atomic E-state index is 0.180. The number of carboxylic acid groups (broad SMARTS) is 1. The van der Waals surface area contributed by atoms with Crippen molar-refractivity contribution in [2.45, 2.75) is 20.8 Å². The van der Waals surface area contributed by atoms with Crippen LogP contribution in [0.15, 0.2) is 12.1 Å². The van der Waals surface area contributed by atoms with Gasteiger partial charge in [-0.2, -0.15) is 0 Å². The standard InChI is InChI=1S/C17H13Cl4NO3/c1-6-4-7(2)15(8(3)5-6)22-16(23)9-10(17(24)25)12(19)14(21)13(20)11(9)18/h4-5H,1-3H3,(H,22,23)(H,24,25). The molecule has 0 unspecified atom stereocenters. The van der Waals surface area contributed by atoms with Crippen LogP contribution in [0.4, 0.5) is 5.69 Å². The molecule has 2 aromatic rings. The van der Waals surface area contributed by atoms with Gasteiger partial charge in [0.2, 0.25) is 0 Å². The molecule has 25 heavy (non-hydrogen) atoms. The van der Waals surface area contributed by atoms with Crippen LogP contribution in [0.1, 0.15) is 37.4 Å². The molecule has 0 saturated heterocycles. The minimum atomic E-state index is -1.44. The Bertz CT molecular complexity index is 886. The van der Waals surface area contributed by atoms with Gasteiger partial charge in [-0.15, -0.1) is 0 Å². The zero-order valence-corrected chi connectivity index (χ0v) is 16.5. The van der Waals surface area contributed by atoms with Crippen LogP contribution < -0.4 is 5.32 Å². The number of carbonyl (C=O) groups is 2. The highest BCUT2D eigenvalue weighted by Gasteiger charge is 2.29. The third kappa shape index (κ3) is 3.72. The normalized spacial score (nSPS) is 10.7. The Labute approximate surface area is 164 Å². The third-order valence-corrected chi connectivity index (χ3v) is 5.43. The van der Waals surface area contributed by atoms with Crippen molar-refractivity contribution in [3.8, 4) is 0 Å². The molecule has 0 aromatic heterocycles. The Hall–Kier alpha value is -1.46. The molecule has 0 saturated carbocycles. The zero-order valence-electron chi connectivity index (χ0n) is 13.4. The summed E-state index contributed by atoms with van der Waals surface area (Å²) < 4.78 is 0. The van der Waals surface area contributed by atoms with Crippen molar-refractivity contribution in [3.05, 3.63) is 60.0 Å². The van der Waals surface area contributed by atoms with E-state index < -0.39 is 17.4 Å². The first-order chi connectivity index (χ1) is 11.6. The number of hydrogen-bond acceptors (Lipinski definition) is 2. The first-order valence-electron chi connectivity index (χ1n) is 7.04. The lowest BCUT2D eigenvalue weighted by molar-refractivity contribution is 0.0692. The van der Waals surface area contributed by atoms with E-state index in [2.05, 4.69) is 5.32 Å². The number of nitrogens with one attached hydrogen (secondary N) is 1. The molecular formula is C17H13Cl4NO3. The van der Waals surface area contributed by atoms with Gasteiger partial charge >= 0.3 is 5.97 Å². The Balaban J connectivity index is 2.63. The lowest BCUT2D eigenvalue weighted by Crippen LogP contribution is -2.19. The van der Waals surface area contributed by atoms with Gasteiger partial charge in [-0.05, 0) is 31.9 Å². The average molecular weight is 421 g/mol. The van der Waals surface area contributed by atoms with Crippen molar-refractivity contribution < 1.29 is 14.7 Å². The van der Waals surface area contributed by atoms with Crippen LogP contribution in [0.5, 0.6) is 0 Å². The number of aromatic carboxylic acids is 1. The molecule has 0 fully saturated rings. The van der Waals surface area contributed by atoms with Crippen molar-refractivity contribution in [1.82, 2.24) is 0 Å². The maximum absolute atomic E-state index is 12.7. The number of aryl methyl sites for hydroxylation is 3. The largest absolute Gasteiger partial charge is 0.478 e. The maximum Gasteiger partial charge on any atom is 0.338 e. The number of halogens is 4. The number of anilines is 1. The van der Waals surface area contributed by atoms with E-state index in [-0.39, 0.29) is 25.7 Å². The predicted molar refractivity (Wildman–Crippen MR) is 102 cm³/mol. The van der Waals surface area contributed by atoms with E-state index in [1.807, 2.05) is 32.9 Å². The van der Waals surface area contributed by atoms with Gasteiger partial charge in [0.15, 0.2) is 0 Å². The third-order valence-electron chi connectivity index (χ3n) is 3.62. The topological polar surface area (TPSA) is 66.4 Å². The number of carbonyl (C=O) groups excluding carboxylic acids is 1. The maximum atomic E-state index is 12.7. The monoisotopic (exact) mass is 419 g/mol. The summed E-state index contributed by atoms with van der Waals surface area (Å²) in [6, 6.07) is 3.79. The fraction of sp³-hybridized carbons (Fsp3) is 0.176. The number of hydrogen-bond donors (Lipinski definition) is 2. The Morgan fingerprint density at radius 2 is 1.28 bits per heavy atom. The van der Waals surface area contributed by atoms with Gasteiger partial charge < -0.3 is 10.4 Å². The molecule has 0 heterocycles. The molecule has 0 aliphatic carbocycles. The fourth-order valence-electron chi connectivity index (χ4n) is 2.60. The van der Waals surface area contributed by atoms with Crippen LogP contribution in [0.25, 0.3) is 0 Å². The summed E-state index contributed by atoms with van der Waals surface area (Å²) in [7, 11) is 0. The summed E-state index contributed by atoms with van der Waals surface area (Å²) in [4.78, 5) is 24.3. The van der Waals surface area contributed by atoms with Gasteiger partial charge in [0.1, 0.15) is 0 Å². The molecule has 0 aliphatic heterocycles. The highest BCUT2D eigenvalue weighted by atomic mass is 35.5. The van der Waals surface area contributed by atoms with Crippen LogP contribution in [-0.2, 0) is 0 Å². The highest BCUT2D eigenvalue weighted by molar-refractivity contribution is 6.54. The van der Waals surface area contributed by atoms with Gasteiger partial charge in [-0.1, -0.05) is 64.1 Å². The van der Waals surface area contributed by atoms with E-state index in [4.69, 9.17) is 46.4 Å². The second-order valence-corrected chi connectivity index (χ2v) is 7.05. The molecule has 0 radical (unpaired) electrons. The van der Waals surface area contributed by atoms with Crippen LogP contribution in [0, 0.1) is 20.8 Å². The van der Waals surface area contributed by atoms with Gasteiger partial charge in [0, 0.05) is 5.69 Å². The number of benzene rings is 2. The highest BCUT2D eigenvalue weighted by Crippen LogP contribution is 2.42. The molecule has 0 atom stereocenters. The first kappa shape index (κ1) is 19.9. The molecule has 132 valence electrons. The second-order valence-electron chi connectivity index (χ2n) is 5.54. The molecule has 0 spiro atoms. The SMILES string of the molecule is Cc1cc(C)c(NC(=O)c2c(Cl)c(Cl)c(Cl)c(Cl)c2C(=O)O)c(C)c1. The van der Waals surface area contributed by atoms with Gasteiger partial charge in [0.05, 0.1) is 31.2 Å². The molecule has 4 nitrogen and oxygen atoms in total. The Morgan fingerprint density at radius 1 is 0.840 bits per heavy atom. The van der Waals surface area contributed by atoms with Crippen molar-refractivity contribution >= 4 is 64.0 Å². The Morgan fingerprint density at radius 3 is 1.72 bits per heavy atom. The molecule has 8 heteroatoms. The van der Waals surface area contributed by atoms with Crippen molar-refractivity contribution in [1.29, 1.82) is 0 Å². The van der Waals surface area contributed by atoms with Crippen molar-refractivity contribution in [2.24, 2.45) is 0 Å². The van der Waals surface area contributed by atoms with Crippen LogP contribution >= 0.6 is 46.4 Å². The number of rotatable bonds is 3. The summed E-state index contributed by atoms with van der Waals surface area (Å²) in [5, 5.41) is 11.1. The van der Waals surface area contributed by atoms with Crippen molar-refractivity contribution in [2.75, 3.05) is 5.32 Å². The van der Waals surface area contributed by atoms with Crippen LogP contribution in [0.3, 0.4) is 0 Å². The lowest BCUT2D eigenvalue weighted by atomic mass is 10.0. The molecule has 0 bridgehead atoms. The average Bonchev–Trinajstić information content (AvgIpc) is 2.51. The van der Waals surface area contributed by atoms with E-state index in [0.29, 0.717) is 5.69 Å². The van der Waals surface area contributed by atoms with Crippen molar-refractivity contribution in [3.63, 3.8) is 0 Å². The number of carboxylic acids is 1. The molecule has 0 aliphatic rings. The summed E-state index contributed by atoms with van der Waals surface area (Å²) in [6.07, 6.45) is 0. The lowest BCUT2D eigenvalue weighted by Gasteiger charge is -2.16. The van der Waals surface area contributed by atoms with E-state index >= 15 is 0 Å². The predicted octanol–water partition coefficient (Wildman–Crippen LogP) is 6.18. The second kappa shape index (κ2) is 7.42.